The van der Waals surface area contributed by atoms with E-state index in [2.05, 4.69) is 4.74 Å². The third kappa shape index (κ3) is 3.28. The van der Waals surface area contributed by atoms with Gasteiger partial charge in [0.1, 0.15) is 0 Å². The summed E-state index contributed by atoms with van der Waals surface area (Å²) in [5, 5.41) is 1.19. The zero-order valence-corrected chi connectivity index (χ0v) is 11.7. The van der Waals surface area contributed by atoms with E-state index in [0.717, 1.165) is 5.39 Å². The third-order valence-electron chi connectivity index (χ3n) is 3.22. The number of hydrogen-bond donors (Lipinski definition) is 1. The van der Waals surface area contributed by atoms with Crippen molar-refractivity contribution in [1.82, 2.24) is 4.57 Å². The maximum absolute atomic E-state index is 12.4. The van der Waals surface area contributed by atoms with E-state index in [1.54, 1.807) is 24.4 Å². The lowest BCUT2D eigenvalue weighted by Crippen LogP contribution is -2.21. The van der Waals surface area contributed by atoms with Gasteiger partial charge < -0.3 is 15.0 Å². The molecule has 0 saturated heterocycles. The van der Waals surface area contributed by atoms with Crippen molar-refractivity contribution in [3.63, 3.8) is 0 Å². The number of amides is 1. The molecule has 2 N–H and O–H groups in total. The number of pyridine rings is 1. The number of esters is 1. The molecule has 0 atom stereocenters. The van der Waals surface area contributed by atoms with E-state index in [0.29, 0.717) is 23.9 Å². The van der Waals surface area contributed by atoms with Gasteiger partial charge in [0, 0.05) is 24.5 Å². The molecule has 1 aromatic carbocycles. The molecule has 0 saturated carbocycles. The summed E-state index contributed by atoms with van der Waals surface area (Å²) in [5.74, 6) is -0.878. The van der Waals surface area contributed by atoms with Crippen LogP contribution in [0.2, 0.25) is 0 Å². The Morgan fingerprint density at radius 2 is 2.05 bits per heavy atom. The highest BCUT2D eigenvalue weighted by Gasteiger charge is 2.09. The monoisotopic (exact) mass is 288 g/mol. The first-order chi connectivity index (χ1) is 10.0. The van der Waals surface area contributed by atoms with Gasteiger partial charge in [-0.05, 0) is 30.0 Å². The molecular weight excluding hydrogens is 272 g/mol. The van der Waals surface area contributed by atoms with Crippen LogP contribution in [0.15, 0.2) is 35.3 Å². The summed E-state index contributed by atoms with van der Waals surface area (Å²) in [5.41, 5.74) is 5.20. The first kappa shape index (κ1) is 14.8. The van der Waals surface area contributed by atoms with Gasteiger partial charge in [-0.1, -0.05) is 6.07 Å². The number of rotatable bonds is 5. The number of nitrogens with zero attached hydrogens (tertiary/aromatic N) is 1. The molecule has 0 radical (unpaired) electrons. The Bertz CT molecular complexity index is 749. The molecule has 110 valence electrons. The third-order valence-corrected chi connectivity index (χ3v) is 3.22. The molecule has 1 aromatic heterocycles. The minimum atomic E-state index is -0.486. The molecule has 0 aliphatic rings. The number of aromatic nitrogens is 1. The summed E-state index contributed by atoms with van der Waals surface area (Å²) in [6.45, 7) is 0.403. The molecule has 21 heavy (non-hydrogen) atoms. The number of methoxy groups -OCH3 is 1. The fourth-order valence-corrected chi connectivity index (χ4v) is 2.12. The fraction of sp³-hybridized carbons (Fsp3) is 0.267. The highest BCUT2D eigenvalue weighted by molar-refractivity contribution is 5.95. The first-order valence-electron chi connectivity index (χ1n) is 6.53. The Kier molecular flexibility index (Phi) is 4.37. The lowest BCUT2D eigenvalue weighted by molar-refractivity contribution is -0.118. The maximum Gasteiger partial charge on any atom is 0.337 e. The van der Waals surface area contributed by atoms with E-state index < -0.39 is 11.9 Å². The van der Waals surface area contributed by atoms with Crippen molar-refractivity contribution < 1.29 is 14.3 Å². The van der Waals surface area contributed by atoms with Crippen molar-refractivity contribution in [3.05, 3.63) is 46.4 Å². The van der Waals surface area contributed by atoms with Crippen LogP contribution in [-0.2, 0) is 16.1 Å². The number of aryl methyl sites for hydroxylation is 1. The normalized spacial score (nSPS) is 10.5. The summed E-state index contributed by atoms with van der Waals surface area (Å²) < 4.78 is 6.15. The largest absolute Gasteiger partial charge is 0.465 e. The Morgan fingerprint density at radius 1 is 1.29 bits per heavy atom. The SMILES string of the molecule is COC(=O)c1ccc2ccn(CCCC(N)=O)c(=O)c2c1. The van der Waals surface area contributed by atoms with Crippen LogP contribution in [0.25, 0.3) is 10.8 Å². The molecule has 1 amide bonds. The number of nitrogens with two attached hydrogens (primary N) is 1. The van der Waals surface area contributed by atoms with Crippen molar-refractivity contribution in [1.29, 1.82) is 0 Å². The highest BCUT2D eigenvalue weighted by Crippen LogP contribution is 2.13. The second-order valence-corrected chi connectivity index (χ2v) is 4.68. The molecule has 2 rings (SSSR count). The number of ether oxygens (including phenoxy) is 1. The average molecular weight is 288 g/mol. The topological polar surface area (TPSA) is 91.4 Å². The summed E-state index contributed by atoms with van der Waals surface area (Å²) in [7, 11) is 1.29. The second-order valence-electron chi connectivity index (χ2n) is 4.68. The van der Waals surface area contributed by atoms with Gasteiger partial charge in [-0.3, -0.25) is 9.59 Å². The van der Waals surface area contributed by atoms with Gasteiger partial charge in [0.05, 0.1) is 12.7 Å². The number of fused-ring (bicyclic) bond motifs is 1. The van der Waals surface area contributed by atoms with Gasteiger partial charge in [0.2, 0.25) is 5.91 Å². The van der Waals surface area contributed by atoms with Crippen molar-refractivity contribution in [3.8, 4) is 0 Å². The van der Waals surface area contributed by atoms with E-state index in [-0.39, 0.29) is 12.0 Å². The molecule has 0 aliphatic carbocycles. The van der Waals surface area contributed by atoms with Crippen LogP contribution in [0.4, 0.5) is 0 Å². The molecule has 1 heterocycles. The number of benzene rings is 1. The van der Waals surface area contributed by atoms with Crippen LogP contribution in [0.5, 0.6) is 0 Å². The smallest absolute Gasteiger partial charge is 0.337 e. The zero-order chi connectivity index (χ0) is 15.4. The van der Waals surface area contributed by atoms with Crippen LogP contribution in [0.3, 0.4) is 0 Å². The van der Waals surface area contributed by atoms with Crippen molar-refractivity contribution >= 4 is 22.6 Å². The van der Waals surface area contributed by atoms with E-state index in [9.17, 15) is 14.4 Å². The van der Waals surface area contributed by atoms with E-state index in [1.165, 1.54) is 17.7 Å². The van der Waals surface area contributed by atoms with E-state index >= 15 is 0 Å². The van der Waals surface area contributed by atoms with Gasteiger partial charge >= 0.3 is 5.97 Å². The summed E-state index contributed by atoms with van der Waals surface area (Å²) >= 11 is 0. The summed E-state index contributed by atoms with van der Waals surface area (Å²) in [6.07, 6.45) is 2.40. The van der Waals surface area contributed by atoms with E-state index in [1.807, 2.05) is 0 Å². The number of hydrogen-bond acceptors (Lipinski definition) is 4. The standard InChI is InChI=1S/C15H16N2O4/c1-21-15(20)11-5-4-10-6-8-17(7-2-3-13(16)18)14(19)12(10)9-11/h4-6,8-9H,2-3,7H2,1H3,(H2,16,18). The molecule has 2 aromatic rings. The van der Waals surface area contributed by atoms with Crippen molar-refractivity contribution in [2.45, 2.75) is 19.4 Å². The van der Waals surface area contributed by atoms with E-state index in [4.69, 9.17) is 5.73 Å². The first-order valence-corrected chi connectivity index (χ1v) is 6.53. The quantitative estimate of drug-likeness (QED) is 0.832. The highest BCUT2D eigenvalue weighted by atomic mass is 16.5. The fourth-order valence-electron chi connectivity index (χ4n) is 2.12. The Hall–Kier alpha value is -2.63. The Balaban J connectivity index is 2.37. The molecule has 6 nitrogen and oxygen atoms in total. The van der Waals surface area contributed by atoms with Crippen LogP contribution in [0.1, 0.15) is 23.2 Å². The molecule has 0 spiro atoms. The Labute approximate surface area is 121 Å². The molecule has 0 aliphatic heterocycles. The zero-order valence-electron chi connectivity index (χ0n) is 11.7. The number of primary amides is 1. The summed E-state index contributed by atoms with van der Waals surface area (Å²) in [6, 6.07) is 6.64. The van der Waals surface area contributed by atoms with Gasteiger partial charge in [0.15, 0.2) is 0 Å². The van der Waals surface area contributed by atoms with Crippen LogP contribution >= 0.6 is 0 Å². The van der Waals surface area contributed by atoms with Crippen LogP contribution in [-0.4, -0.2) is 23.6 Å². The maximum atomic E-state index is 12.4. The van der Waals surface area contributed by atoms with Crippen LogP contribution in [0, 0.1) is 0 Å². The lowest BCUT2D eigenvalue weighted by atomic mass is 10.1. The number of carbonyl (C=O) groups is 2. The van der Waals surface area contributed by atoms with Crippen LogP contribution < -0.4 is 11.3 Å². The lowest BCUT2D eigenvalue weighted by Gasteiger charge is -2.07. The summed E-state index contributed by atoms with van der Waals surface area (Å²) in [4.78, 5) is 34.6. The predicted octanol–water partition coefficient (Wildman–Crippen LogP) is 1.05. The average Bonchev–Trinajstić information content (AvgIpc) is 2.48. The predicted molar refractivity (Wildman–Crippen MR) is 78.0 cm³/mol. The van der Waals surface area contributed by atoms with Gasteiger partial charge in [-0.15, -0.1) is 0 Å². The van der Waals surface area contributed by atoms with Crippen molar-refractivity contribution in [2.24, 2.45) is 5.73 Å². The van der Waals surface area contributed by atoms with Crippen molar-refractivity contribution in [2.75, 3.05) is 7.11 Å². The second kappa shape index (κ2) is 6.21. The molecule has 6 heteroatoms. The molecule has 0 bridgehead atoms. The van der Waals surface area contributed by atoms with Gasteiger partial charge in [-0.2, -0.15) is 0 Å². The molecular formula is C15H16N2O4. The minimum Gasteiger partial charge on any atom is -0.465 e. The van der Waals surface area contributed by atoms with Gasteiger partial charge in [0.25, 0.3) is 5.56 Å². The molecule has 0 unspecified atom stereocenters. The Morgan fingerprint density at radius 3 is 2.71 bits per heavy atom. The minimum absolute atomic E-state index is 0.206. The molecule has 0 fully saturated rings. The number of carbonyl (C=O) groups excluding carboxylic acids is 2. The van der Waals surface area contributed by atoms with Gasteiger partial charge in [-0.25, -0.2) is 4.79 Å².